The first-order valence-electron chi connectivity index (χ1n) is 11.2. The number of nitrogens with one attached hydrogen (secondary N) is 3. The Morgan fingerprint density at radius 1 is 1.14 bits per heavy atom. The number of benzene rings is 2. The summed E-state index contributed by atoms with van der Waals surface area (Å²) in [6, 6.07) is 12.1. The van der Waals surface area contributed by atoms with Crippen molar-refractivity contribution in [1.82, 2.24) is 25.1 Å². The molecule has 5 aromatic rings. The molecule has 1 saturated heterocycles. The van der Waals surface area contributed by atoms with Gasteiger partial charge in [-0.2, -0.15) is 15.7 Å². The van der Waals surface area contributed by atoms with Crippen LogP contribution in [0.25, 0.3) is 32.9 Å². The van der Waals surface area contributed by atoms with Crippen LogP contribution in [0.1, 0.15) is 15.5 Å². The maximum Gasteiger partial charge on any atom is 0.275 e. The topological polar surface area (TPSA) is 130 Å². The molecule has 4 heterocycles. The van der Waals surface area contributed by atoms with E-state index in [0.717, 1.165) is 37.9 Å². The lowest BCUT2D eigenvalue weighted by molar-refractivity contribution is 0.102. The number of hydrogen-bond donors (Lipinski definition) is 5. The number of H-pyrrole nitrogens is 2. The highest BCUT2D eigenvalue weighted by molar-refractivity contribution is 8.24. The van der Waals surface area contributed by atoms with Crippen molar-refractivity contribution in [3.8, 4) is 11.1 Å². The predicted molar refractivity (Wildman–Crippen MR) is 141 cm³/mol. The Morgan fingerprint density at radius 3 is 2.86 bits per heavy atom. The lowest BCUT2D eigenvalue weighted by Gasteiger charge is -2.40. The van der Waals surface area contributed by atoms with Gasteiger partial charge in [0, 0.05) is 41.0 Å². The van der Waals surface area contributed by atoms with Crippen LogP contribution in [0, 0.1) is 0 Å². The number of anilines is 1. The molecular weight excluding hydrogens is 484 g/mol. The molecule has 0 saturated carbocycles. The maximum atomic E-state index is 13.1. The molecule has 0 radical (unpaired) electrons. The molecule has 1 amide bonds. The smallest absolute Gasteiger partial charge is 0.275 e. The Bertz CT molecular complexity index is 1530. The number of nitrogens with zero attached hydrogens (tertiary/aromatic N) is 3. The highest BCUT2D eigenvalue weighted by atomic mass is 32.3. The highest BCUT2D eigenvalue weighted by Crippen LogP contribution is 2.40. The van der Waals surface area contributed by atoms with Gasteiger partial charge in [-0.05, 0) is 35.4 Å². The van der Waals surface area contributed by atoms with Crippen molar-refractivity contribution in [2.75, 3.05) is 29.9 Å². The first-order chi connectivity index (χ1) is 16.9. The number of aromatic nitrogens is 4. The second-order valence-corrected chi connectivity index (χ2v) is 12.0. The molecule has 1 aliphatic heterocycles. The zero-order chi connectivity index (χ0) is 24.0. The van der Waals surface area contributed by atoms with Crippen LogP contribution in [0.15, 0.2) is 54.2 Å². The van der Waals surface area contributed by atoms with E-state index in [1.807, 2.05) is 36.5 Å². The van der Waals surface area contributed by atoms with Gasteiger partial charge in [-0.1, -0.05) is 12.1 Å². The zero-order valence-electron chi connectivity index (χ0n) is 18.7. The van der Waals surface area contributed by atoms with E-state index in [2.05, 4.69) is 36.4 Å². The van der Waals surface area contributed by atoms with E-state index >= 15 is 0 Å². The van der Waals surface area contributed by atoms with Gasteiger partial charge in [-0.15, -0.1) is 11.3 Å². The summed E-state index contributed by atoms with van der Waals surface area (Å²) in [4.78, 5) is 23.0. The first kappa shape index (κ1) is 22.3. The summed E-state index contributed by atoms with van der Waals surface area (Å²) in [6.07, 6.45) is 3.62. The van der Waals surface area contributed by atoms with Crippen molar-refractivity contribution < 1.29 is 13.9 Å². The van der Waals surface area contributed by atoms with Crippen LogP contribution in [0.4, 0.5) is 5.69 Å². The fourth-order valence-electron chi connectivity index (χ4n) is 4.44. The third-order valence-corrected chi connectivity index (χ3v) is 8.83. The van der Waals surface area contributed by atoms with Crippen molar-refractivity contribution in [2.45, 2.75) is 6.54 Å². The summed E-state index contributed by atoms with van der Waals surface area (Å²) >= 11 is 1.44. The third-order valence-electron chi connectivity index (χ3n) is 6.32. The van der Waals surface area contributed by atoms with Crippen molar-refractivity contribution in [3.63, 3.8) is 0 Å². The summed E-state index contributed by atoms with van der Waals surface area (Å²) < 4.78 is 19.6. The number of rotatable bonds is 5. The monoisotopic (exact) mass is 508 g/mol. The Balaban J connectivity index is 1.24. The number of carbonyl (C=O) groups is 1. The van der Waals surface area contributed by atoms with E-state index in [4.69, 9.17) is 0 Å². The summed E-state index contributed by atoms with van der Waals surface area (Å²) in [7, 11) is -2.43. The third kappa shape index (κ3) is 4.44. The Hall–Kier alpha value is -3.22. The normalized spacial score (nSPS) is 17.1. The van der Waals surface area contributed by atoms with Crippen LogP contribution in [-0.4, -0.2) is 64.7 Å². The number of fused-ring (bicyclic) bond motifs is 2. The quantitative estimate of drug-likeness (QED) is 0.227. The van der Waals surface area contributed by atoms with Crippen LogP contribution in [-0.2, 0) is 6.54 Å². The molecule has 11 heteroatoms. The van der Waals surface area contributed by atoms with Crippen LogP contribution in [0.5, 0.6) is 0 Å². The fourth-order valence-corrected chi connectivity index (χ4v) is 6.56. The van der Waals surface area contributed by atoms with Gasteiger partial charge in [-0.3, -0.25) is 23.9 Å². The number of carbonyl (C=O) groups excluding carboxylic acids is 1. The number of thiazole rings is 1. The van der Waals surface area contributed by atoms with Gasteiger partial charge < -0.3 is 10.3 Å². The second-order valence-electron chi connectivity index (χ2n) is 8.67. The Morgan fingerprint density at radius 2 is 2.00 bits per heavy atom. The molecule has 1 aliphatic rings. The SMILES string of the molecule is O=C(Nc1cc(-c2cccc3[nH]ccc23)cc2[nH]ncc12)c1csc(CN2CCS(O)(O)CC2)n1. The Labute approximate surface area is 206 Å². The average Bonchev–Trinajstić information content (AvgIpc) is 3.60. The highest BCUT2D eigenvalue weighted by Gasteiger charge is 2.23. The van der Waals surface area contributed by atoms with E-state index in [-0.39, 0.29) is 5.91 Å². The summed E-state index contributed by atoms with van der Waals surface area (Å²) in [5.41, 5.74) is 4.94. The number of hydrogen-bond acceptors (Lipinski definition) is 7. The molecule has 6 rings (SSSR count). The molecule has 180 valence electrons. The Kier molecular flexibility index (Phi) is 5.58. The molecule has 0 unspecified atom stereocenters. The van der Waals surface area contributed by atoms with E-state index in [1.54, 1.807) is 11.6 Å². The molecule has 35 heavy (non-hydrogen) atoms. The van der Waals surface area contributed by atoms with E-state index in [0.29, 0.717) is 42.5 Å². The summed E-state index contributed by atoms with van der Waals surface area (Å²) in [6.45, 7) is 1.82. The van der Waals surface area contributed by atoms with Crippen molar-refractivity contribution >= 4 is 55.3 Å². The van der Waals surface area contributed by atoms with Gasteiger partial charge in [0.25, 0.3) is 5.91 Å². The summed E-state index contributed by atoms with van der Waals surface area (Å²) in [5.74, 6) is 0.498. The minimum Gasteiger partial charge on any atom is -0.361 e. The molecular formula is C24H24N6O3S2. The van der Waals surface area contributed by atoms with E-state index in [1.165, 1.54) is 11.3 Å². The maximum absolute atomic E-state index is 13.1. The van der Waals surface area contributed by atoms with Gasteiger partial charge in [0.1, 0.15) is 10.7 Å². The van der Waals surface area contributed by atoms with Crippen molar-refractivity contribution in [1.29, 1.82) is 0 Å². The minimum absolute atomic E-state index is 0.278. The molecule has 5 N–H and O–H groups in total. The zero-order valence-corrected chi connectivity index (χ0v) is 20.3. The first-order valence-corrected chi connectivity index (χ1v) is 14.0. The van der Waals surface area contributed by atoms with Gasteiger partial charge in [0.05, 0.1) is 35.5 Å². The van der Waals surface area contributed by atoms with Crippen LogP contribution >= 0.6 is 21.9 Å². The number of aromatic amines is 2. The molecule has 0 aliphatic carbocycles. The lowest BCUT2D eigenvalue weighted by atomic mass is 9.99. The lowest BCUT2D eigenvalue weighted by Crippen LogP contribution is -2.37. The largest absolute Gasteiger partial charge is 0.361 e. The summed E-state index contributed by atoms with van der Waals surface area (Å²) in [5, 5.41) is 14.7. The van der Waals surface area contributed by atoms with Gasteiger partial charge in [0.15, 0.2) is 0 Å². The molecule has 2 aromatic carbocycles. The molecule has 3 aromatic heterocycles. The van der Waals surface area contributed by atoms with E-state index < -0.39 is 10.6 Å². The molecule has 9 nitrogen and oxygen atoms in total. The molecule has 0 bridgehead atoms. The number of amides is 1. The van der Waals surface area contributed by atoms with Gasteiger partial charge >= 0.3 is 0 Å². The van der Waals surface area contributed by atoms with Gasteiger partial charge in [-0.25, -0.2) is 4.98 Å². The molecule has 1 fully saturated rings. The van der Waals surface area contributed by atoms with Crippen LogP contribution in [0.3, 0.4) is 0 Å². The second kappa shape index (κ2) is 8.77. The molecule has 0 atom stereocenters. The molecule has 0 spiro atoms. The average molecular weight is 509 g/mol. The van der Waals surface area contributed by atoms with Crippen molar-refractivity contribution in [3.05, 3.63) is 64.9 Å². The van der Waals surface area contributed by atoms with Gasteiger partial charge in [0.2, 0.25) is 0 Å². The fraction of sp³-hybridized carbons (Fsp3) is 0.208. The van der Waals surface area contributed by atoms with Crippen LogP contribution < -0.4 is 5.32 Å². The predicted octanol–water partition coefficient (Wildman–Crippen LogP) is 4.99. The van der Waals surface area contributed by atoms with Crippen molar-refractivity contribution in [2.24, 2.45) is 0 Å². The van der Waals surface area contributed by atoms with Crippen LogP contribution in [0.2, 0.25) is 0 Å². The van der Waals surface area contributed by atoms with E-state index in [9.17, 15) is 13.9 Å². The standard InChI is InChI=1S/C24H24N6O3S2/c31-24(22-14-34-23(27-22)13-30-6-8-35(32,33)9-7-30)28-20-10-15(11-21-18(20)12-26-29-21)16-2-1-3-19-17(16)4-5-25-19/h1-5,10-12,14,25,32-33H,6-9,13H2,(H,26,29)(H,28,31). The minimum atomic E-state index is -2.43.